The van der Waals surface area contributed by atoms with Crippen LogP contribution < -0.4 is 5.73 Å². The fourth-order valence-corrected chi connectivity index (χ4v) is 1.77. The Balaban J connectivity index is 1.74. The third-order valence-electron chi connectivity index (χ3n) is 2.80. The Morgan fingerprint density at radius 3 is 2.80 bits per heavy atom. The van der Waals surface area contributed by atoms with Crippen molar-refractivity contribution in [2.45, 2.75) is 12.5 Å². The average molecular weight is 272 g/mol. The SMILES string of the molecule is N[C@@H](Cc1ccc(O)cc1)c1nc(-c2cn[nH]n2)no1. The topological polar surface area (TPSA) is 127 Å². The van der Waals surface area contributed by atoms with Crippen LogP contribution in [0, 0.1) is 0 Å². The minimum absolute atomic E-state index is 0.216. The molecule has 2 aromatic heterocycles. The van der Waals surface area contributed by atoms with Crippen LogP contribution in [0.3, 0.4) is 0 Å². The van der Waals surface area contributed by atoms with Crippen LogP contribution in [0.4, 0.5) is 0 Å². The van der Waals surface area contributed by atoms with Gasteiger partial charge in [0.05, 0.1) is 12.2 Å². The van der Waals surface area contributed by atoms with Crippen molar-refractivity contribution in [3.05, 3.63) is 41.9 Å². The van der Waals surface area contributed by atoms with Gasteiger partial charge in [0.1, 0.15) is 5.75 Å². The first-order valence-electron chi connectivity index (χ1n) is 5.95. The number of phenolic OH excluding ortho intramolecular Hbond substituents is 1. The zero-order valence-corrected chi connectivity index (χ0v) is 10.4. The molecule has 102 valence electrons. The Morgan fingerprint density at radius 1 is 1.30 bits per heavy atom. The lowest BCUT2D eigenvalue weighted by atomic mass is 10.1. The normalized spacial score (nSPS) is 12.4. The molecule has 0 amide bonds. The molecule has 0 spiro atoms. The molecule has 3 rings (SSSR count). The van der Waals surface area contributed by atoms with Gasteiger partial charge in [-0.05, 0) is 24.1 Å². The Kier molecular flexibility index (Phi) is 3.13. The number of aromatic hydroxyl groups is 1. The molecule has 20 heavy (non-hydrogen) atoms. The van der Waals surface area contributed by atoms with Crippen LogP contribution in [-0.2, 0) is 6.42 Å². The monoisotopic (exact) mass is 272 g/mol. The molecule has 0 bridgehead atoms. The lowest BCUT2D eigenvalue weighted by Crippen LogP contribution is -2.13. The van der Waals surface area contributed by atoms with Crippen molar-refractivity contribution in [3.63, 3.8) is 0 Å². The second-order valence-electron chi connectivity index (χ2n) is 4.29. The van der Waals surface area contributed by atoms with Gasteiger partial charge in [-0.25, -0.2) is 0 Å². The third kappa shape index (κ3) is 2.50. The van der Waals surface area contributed by atoms with Crippen molar-refractivity contribution >= 4 is 0 Å². The zero-order chi connectivity index (χ0) is 13.9. The van der Waals surface area contributed by atoms with E-state index in [4.69, 9.17) is 10.3 Å². The molecule has 8 nitrogen and oxygen atoms in total. The average Bonchev–Trinajstić information content (AvgIpc) is 3.11. The molecule has 0 aliphatic heterocycles. The molecule has 0 saturated carbocycles. The van der Waals surface area contributed by atoms with Crippen LogP contribution in [0.1, 0.15) is 17.5 Å². The zero-order valence-electron chi connectivity index (χ0n) is 10.4. The highest BCUT2D eigenvalue weighted by molar-refractivity contribution is 5.44. The van der Waals surface area contributed by atoms with Gasteiger partial charge in [-0.15, -0.1) is 0 Å². The number of aromatic amines is 1. The van der Waals surface area contributed by atoms with Gasteiger partial charge in [0, 0.05) is 0 Å². The van der Waals surface area contributed by atoms with E-state index in [1.54, 1.807) is 24.3 Å². The molecule has 1 atom stereocenters. The van der Waals surface area contributed by atoms with Crippen LogP contribution >= 0.6 is 0 Å². The Bertz CT molecular complexity index is 676. The van der Waals surface area contributed by atoms with Gasteiger partial charge in [0.25, 0.3) is 0 Å². The van der Waals surface area contributed by atoms with Gasteiger partial charge in [-0.2, -0.15) is 20.4 Å². The van der Waals surface area contributed by atoms with Gasteiger partial charge in [0.15, 0.2) is 5.69 Å². The van der Waals surface area contributed by atoms with Crippen LogP contribution in [0.5, 0.6) is 5.75 Å². The van der Waals surface area contributed by atoms with Crippen LogP contribution in [0.15, 0.2) is 35.0 Å². The van der Waals surface area contributed by atoms with E-state index >= 15 is 0 Å². The number of benzene rings is 1. The van der Waals surface area contributed by atoms with E-state index in [2.05, 4.69) is 25.6 Å². The first-order chi connectivity index (χ1) is 9.72. The predicted molar refractivity (Wildman–Crippen MR) is 68.4 cm³/mol. The summed E-state index contributed by atoms with van der Waals surface area (Å²) in [6, 6.07) is 6.38. The van der Waals surface area contributed by atoms with E-state index in [-0.39, 0.29) is 5.75 Å². The fraction of sp³-hybridized carbons (Fsp3) is 0.167. The summed E-state index contributed by atoms with van der Waals surface area (Å²) in [5.74, 6) is 0.888. The lowest BCUT2D eigenvalue weighted by molar-refractivity contribution is 0.354. The van der Waals surface area contributed by atoms with Gasteiger partial charge in [-0.1, -0.05) is 17.3 Å². The number of nitrogens with zero attached hydrogens (tertiary/aromatic N) is 4. The van der Waals surface area contributed by atoms with E-state index in [0.29, 0.717) is 23.8 Å². The molecule has 0 fully saturated rings. The Morgan fingerprint density at radius 2 is 2.10 bits per heavy atom. The van der Waals surface area contributed by atoms with Crippen molar-refractivity contribution in [1.82, 2.24) is 25.6 Å². The van der Waals surface area contributed by atoms with Gasteiger partial charge in [0.2, 0.25) is 11.7 Å². The summed E-state index contributed by atoms with van der Waals surface area (Å²) in [6.45, 7) is 0. The molecule has 8 heteroatoms. The molecule has 1 aromatic carbocycles. The van der Waals surface area contributed by atoms with Crippen LogP contribution in [0.2, 0.25) is 0 Å². The van der Waals surface area contributed by atoms with Crippen molar-refractivity contribution in [3.8, 4) is 17.3 Å². The van der Waals surface area contributed by atoms with Crippen molar-refractivity contribution in [2.75, 3.05) is 0 Å². The molecular weight excluding hydrogens is 260 g/mol. The maximum absolute atomic E-state index is 9.23. The van der Waals surface area contributed by atoms with Crippen molar-refractivity contribution < 1.29 is 9.63 Å². The first-order valence-corrected chi connectivity index (χ1v) is 5.95. The Labute approximate surface area is 113 Å². The number of nitrogens with one attached hydrogen (secondary N) is 1. The second kappa shape index (κ2) is 5.10. The number of hydrogen-bond acceptors (Lipinski definition) is 7. The van der Waals surface area contributed by atoms with Gasteiger partial charge in [-0.3, -0.25) is 0 Å². The largest absolute Gasteiger partial charge is 0.508 e. The minimum Gasteiger partial charge on any atom is -0.508 e. The van der Waals surface area contributed by atoms with Crippen LogP contribution in [-0.4, -0.2) is 30.7 Å². The highest BCUT2D eigenvalue weighted by Crippen LogP contribution is 2.19. The molecule has 3 aromatic rings. The molecule has 0 aliphatic rings. The lowest BCUT2D eigenvalue weighted by Gasteiger charge is -2.06. The number of rotatable bonds is 4. The maximum Gasteiger partial charge on any atom is 0.244 e. The van der Waals surface area contributed by atoms with E-state index in [1.165, 1.54) is 6.20 Å². The van der Waals surface area contributed by atoms with E-state index in [9.17, 15) is 5.11 Å². The third-order valence-corrected chi connectivity index (χ3v) is 2.80. The summed E-state index contributed by atoms with van der Waals surface area (Å²) < 4.78 is 5.13. The molecule has 0 saturated heterocycles. The standard InChI is InChI=1S/C12H12N6O2/c13-9(5-7-1-3-8(19)4-2-7)12-15-11(17-20-12)10-6-14-18-16-10/h1-4,6,9,19H,5,13H2,(H,14,16,18)/t9-/m0/s1. The summed E-state index contributed by atoms with van der Waals surface area (Å²) >= 11 is 0. The number of phenols is 1. The molecule has 0 unspecified atom stereocenters. The van der Waals surface area contributed by atoms with Crippen LogP contribution in [0.25, 0.3) is 11.5 Å². The number of nitrogens with two attached hydrogens (primary N) is 1. The predicted octanol–water partition coefficient (Wildman–Crippen LogP) is 0.803. The van der Waals surface area contributed by atoms with E-state index in [1.807, 2.05) is 0 Å². The molecular formula is C12H12N6O2. The Hall–Kier alpha value is -2.74. The van der Waals surface area contributed by atoms with Gasteiger partial charge >= 0.3 is 0 Å². The molecule has 4 N–H and O–H groups in total. The summed E-state index contributed by atoms with van der Waals surface area (Å²) in [4.78, 5) is 4.19. The fourth-order valence-electron chi connectivity index (χ4n) is 1.77. The van der Waals surface area contributed by atoms with Crippen molar-refractivity contribution in [1.29, 1.82) is 0 Å². The molecule has 2 heterocycles. The second-order valence-corrected chi connectivity index (χ2v) is 4.29. The van der Waals surface area contributed by atoms with Gasteiger partial charge < -0.3 is 15.4 Å². The molecule has 0 aliphatic carbocycles. The number of aromatic nitrogens is 5. The van der Waals surface area contributed by atoms with E-state index < -0.39 is 6.04 Å². The highest BCUT2D eigenvalue weighted by atomic mass is 16.5. The smallest absolute Gasteiger partial charge is 0.244 e. The number of H-pyrrole nitrogens is 1. The minimum atomic E-state index is -0.423. The summed E-state index contributed by atoms with van der Waals surface area (Å²) in [6.07, 6.45) is 2.03. The summed E-state index contributed by atoms with van der Waals surface area (Å²) in [5.41, 5.74) is 7.50. The van der Waals surface area contributed by atoms with Crippen molar-refractivity contribution in [2.24, 2.45) is 5.73 Å². The highest BCUT2D eigenvalue weighted by Gasteiger charge is 2.17. The van der Waals surface area contributed by atoms with E-state index in [0.717, 1.165) is 5.56 Å². The quantitative estimate of drug-likeness (QED) is 0.641. The molecule has 0 radical (unpaired) electrons. The maximum atomic E-state index is 9.23. The first kappa shape index (κ1) is 12.3. The summed E-state index contributed by atoms with van der Waals surface area (Å²) in [5, 5.41) is 23.1. The summed E-state index contributed by atoms with van der Waals surface area (Å²) in [7, 11) is 0. The number of hydrogen-bond donors (Lipinski definition) is 3.